The van der Waals surface area contributed by atoms with Gasteiger partial charge in [-0.2, -0.15) is 0 Å². The summed E-state index contributed by atoms with van der Waals surface area (Å²) in [5.74, 6) is 0.0310. The molecule has 110 valence electrons. The van der Waals surface area contributed by atoms with E-state index in [0.717, 1.165) is 36.2 Å². The van der Waals surface area contributed by atoms with Gasteiger partial charge in [0.05, 0.1) is 17.0 Å². The van der Waals surface area contributed by atoms with Crippen molar-refractivity contribution in [3.63, 3.8) is 0 Å². The van der Waals surface area contributed by atoms with Crippen LogP contribution in [0.25, 0.3) is 0 Å². The average Bonchev–Trinajstić information content (AvgIpc) is 2.36. The molecule has 0 aliphatic carbocycles. The summed E-state index contributed by atoms with van der Waals surface area (Å²) in [5.41, 5.74) is 8.53. The number of rotatable bonds is 5. The van der Waals surface area contributed by atoms with Crippen LogP contribution in [-0.2, 0) is 11.2 Å². The van der Waals surface area contributed by atoms with Crippen LogP contribution in [0.5, 0.6) is 0 Å². The lowest BCUT2D eigenvalue weighted by molar-refractivity contribution is -0.116. The number of amides is 1. The maximum absolute atomic E-state index is 11.4. The van der Waals surface area contributed by atoms with Gasteiger partial charge >= 0.3 is 0 Å². The van der Waals surface area contributed by atoms with Gasteiger partial charge in [0, 0.05) is 18.7 Å². The second kappa shape index (κ2) is 5.71. The molecular weight excluding hydrogens is 254 g/mol. The Morgan fingerprint density at radius 2 is 2.20 bits per heavy atom. The molecule has 1 aliphatic rings. The zero-order valence-corrected chi connectivity index (χ0v) is 12.1. The van der Waals surface area contributed by atoms with E-state index in [1.165, 1.54) is 0 Å². The van der Waals surface area contributed by atoms with Gasteiger partial charge in [-0.25, -0.2) is 0 Å². The Hall–Kier alpha value is -1.75. The molecule has 1 unspecified atom stereocenters. The molecule has 20 heavy (non-hydrogen) atoms. The molecule has 0 saturated heterocycles. The van der Waals surface area contributed by atoms with Gasteiger partial charge in [0.25, 0.3) is 0 Å². The highest BCUT2D eigenvalue weighted by atomic mass is 16.3. The molecule has 1 aliphatic heterocycles. The number of nitrogens with two attached hydrogens (primary N) is 1. The molecule has 0 saturated carbocycles. The van der Waals surface area contributed by atoms with Gasteiger partial charge in [-0.15, -0.1) is 0 Å². The van der Waals surface area contributed by atoms with Gasteiger partial charge < -0.3 is 21.5 Å². The fraction of sp³-hybridized carbons (Fsp3) is 0.533. The van der Waals surface area contributed by atoms with Gasteiger partial charge in [0.15, 0.2) is 0 Å². The van der Waals surface area contributed by atoms with Gasteiger partial charge in [-0.1, -0.05) is 13.3 Å². The first-order valence-corrected chi connectivity index (χ1v) is 7.10. The molecular formula is C15H23N3O2. The van der Waals surface area contributed by atoms with Crippen LogP contribution in [0.15, 0.2) is 12.1 Å². The second-order valence-corrected chi connectivity index (χ2v) is 5.75. The topological polar surface area (TPSA) is 87.4 Å². The first-order valence-electron chi connectivity index (χ1n) is 7.10. The standard InChI is InChI=1S/C15H23N3O2/c1-3-6-15(2,20)9-17-13-7-10-4-5-14(19)18-12(10)8-11(13)16/h7-8,17,20H,3-6,9,16H2,1-2H3,(H,18,19). The maximum Gasteiger partial charge on any atom is 0.224 e. The average molecular weight is 277 g/mol. The summed E-state index contributed by atoms with van der Waals surface area (Å²) in [4.78, 5) is 11.4. The van der Waals surface area contributed by atoms with Crippen LogP contribution in [0.2, 0.25) is 0 Å². The summed E-state index contributed by atoms with van der Waals surface area (Å²) in [6, 6.07) is 3.75. The van der Waals surface area contributed by atoms with E-state index >= 15 is 0 Å². The van der Waals surface area contributed by atoms with E-state index in [9.17, 15) is 9.90 Å². The zero-order valence-electron chi connectivity index (χ0n) is 12.1. The molecule has 1 atom stereocenters. The van der Waals surface area contributed by atoms with Crippen molar-refractivity contribution in [2.24, 2.45) is 0 Å². The molecule has 0 bridgehead atoms. The Balaban J connectivity index is 2.11. The normalized spacial score (nSPS) is 17.1. The summed E-state index contributed by atoms with van der Waals surface area (Å²) in [6.07, 6.45) is 2.90. The van der Waals surface area contributed by atoms with E-state index in [1.807, 2.05) is 19.9 Å². The Kier molecular flexibility index (Phi) is 4.18. The van der Waals surface area contributed by atoms with Crippen LogP contribution >= 0.6 is 0 Å². The molecule has 1 amide bonds. The van der Waals surface area contributed by atoms with Crippen LogP contribution in [0.3, 0.4) is 0 Å². The number of aliphatic hydroxyl groups is 1. The lowest BCUT2D eigenvalue weighted by Crippen LogP contribution is -2.33. The molecule has 2 rings (SSSR count). The number of hydrogen-bond acceptors (Lipinski definition) is 4. The van der Waals surface area contributed by atoms with Crippen molar-refractivity contribution >= 4 is 23.0 Å². The van der Waals surface area contributed by atoms with E-state index in [4.69, 9.17) is 5.73 Å². The minimum atomic E-state index is -0.745. The third-order valence-corrected chi connectivity index (χ3v) is 3.62. The lowest BCUT2D eigenvalue weighted by Gasteiger charge is -2.25. The molecule has 0 aromatic heterocycles. The highest BCUT2D eigenvalue weighted by Crippen LogP contribution is 2.31. The first-order chi connectivity index (χ1) is 9.41. The molecule has 0 spiro atoms. The number of hydrogen-bond donors (Lipinski definition) is 4. The number of fused-ring (bicyclic) bond motifs is 1. The Morgan fingerprint density at radius 3 is 2.90 bits per heavy atom. The number of nitrogens with one attached hydrogen (secondary N) is 2. The summed E-state index contributed by atoms with van der Waals surface area (Å²) in [5, 5.41) is 16.2. The van der Waals surface area contributed by atoms with Crippen molar-refractivity contribution in [3.05, 3.63) is 17.7 Å². The van der Waals surface area contributed by atoms with Crippen LogP contribution in [0, 0.1) is 0 Å². The maximum atomic E-state index is 11.4. The number of carbonyl (C=O) groups is 1. The lowest BCUT2D eigenvalue weighted by atomic mass is 9.99. The largest absolute Gasteiger partial charge is 0.397 e. The summed E-state index contributed by atoms with van der Waals surface area (Å²) in [6.45, 7) is 4.32. The molecule has 5 N–H and O–H groups in total. The van der Waals surface area contributed by atoms with Gasteiger partial charge in [-0.3, -0.25) is 4.79 Å². The van der Waals surface area contributed by atoms with E-state index in [-0.39, 0.29) is 5.91 Å². The highest BCUT2D eigenvalue weighted by Gasteiger charge is 2.20. The minimum absolute atomic E-state index is 0.0310. The molecule has 0 fully saturated rings. The van der Waals surface area contributed by atoms with Gasteiger partial charge in [-0.05, 0) is 37.5 Å². The van der Waals surface area contributed by atoms with E-state index in [1.54, 1.807) is 6.07 Å². The number of benzene rings is 1. The predicted octanol–water partition coefficient (Wildman–Crippen LogP) is 2.12. The van der Waals surface area contributed by atoms with Crippen LogP contribution < -0.4 is 16.4 Å². The fourth-order valence-electron chi connectivity index (χ4n) is 2.51. The van der Waals surface area contributed by atoms with Crippen molar-refractivity contribution in [3.8, 4) is 0 Å². The number of nitrogen functional groups attached to an aromatic ring is 1. The summed E-state index contributed by atoms with van der Waals surface area (Å²) < 4.78 is 0. The zero-order chi connectivity index (χ0) is 14.8. The predicted molar refractivity (Wildman–Crippen MR) is 81.8 cm³/mol. The fourth-order valence-corrected chi connectivity index (χ4v) is 2.51. The Bertz CT molecular complexity index is 512. The third-order valence-electron chi connectivity index (χ3n) is 3.62. The quantitative estimate of drug-likeness (QED) is 0.621. The molecule has 0 radical (unpaired) electrons. The van der Waals surface area contributed by atoms with Crippen molar-refractivity contribution in [1.82, 2.24) is 0 Å². The van der Waals surface area contributed by atoms with E-state index in [0.29, 0.717) is 18.7 Å². The first kappa shape index (κ1) is 14.7. The van der Waals surface area contributed by atoms with Crippen molar-refractivity contribution in [2.45, 2.75) is 45.1 Å². The highest BCUT2D eigenvalue weighted by molar-refractivity contribution is 5.95. The molecule has 5 nitrogen and oxygen atoms in total. The van der Waals surface area contributed by atoms with Crippen molar-refractivity contribution < 1.29 is 9.90 Å². The number of aryl methyl sites for hydroxylation is 1. The third kappa shape index (κ3) is 3.42. The molecule has 1 aromatic carbocycles. The van der Waals surface area contributed by atoms with Crippen molar-refractivity contribution in [2.75, 3.05) is 22.9 Å². The molecule has 1 heterocycles. The minimum Gasteiger partial charge on any atom is -0.397 e. The van der Waals surface area contributed by atoms with Crippen LogP contribution in [0.1, 0.15) is 38.7 Å². The SMILES string of the molecule is CCCC(C)(O)CNc1cc2c(cc1N)NC(=O)CC2. The van der Waals surface area contributed by atoms with E-state index in [2.05, 4.69) is 10.6 Å². The van der Waals surface area contributed by atoms with Gasteiger partial charge in [0.2, 0.25) is 5.91 Å². The van der Waals surface area contributed by atoms with Crippen LogP contribution in [-0.4, -0.2) is 23.2 Å². The summed E-state index contributed by atoms with van der Waals surface area (Å²) in [7, 11) is 0. The molecule has 5 heteroatoms. The molecule has 1 aromatic rings. The number of carbonyl (C=O) groups excluding carboxylic acids is 1. The van der Waals surface area contributed by atoms with E-state index < -0.39 is 5.60 Å². The summed E-state index contributed by atoms with van der Waals surface area (Å²) >= 11 is 0. The second-order valence-electron chi connectivity index (χ2n) is 5.75. The monoisotopic (exact) mass is 277 g/mol. The Labute approximate surface area is 119 Å². The van der Waals surface area contributed by atoms with Gasteiger partial charge in [0.1, 0.15) is 0 Å². The Morgan fingerprint density at radius 1 is 1.45 bits per heavy atom. The van der Waals surface area contributed by atoms with Crippen LogP contribution in [0.4, 0.5) is 17.1 Å². The number of anilines is 3. The van der Waals surface area contributed by atoms with Crippen molar-refractivity contribution in [1.29, 1.82) is 0 Å². The smallest absolute Gasteiger partial charge is 0.224 e.